The summed E-state index contributed by atoms with van der Waals surface area (Å²) in [6.07, 6.45) is 0.960. The Kier molecular flexibility index (Phi) is 10.1. The molecule has 2 aliphatic rings. The lowest BCUT2D eigenvalue weighted by Gasteiger charge is -2.37. The minimum atomic E-state index is 0. The molecule has 7 nitrogen and oxygen atoms in total. The van der Waals surface area contributed by atoms with E-state index in [1.165, 1.54) is 10.4 Å². The van der Waals surface area contributed by atoms with Gasteiger partial charge in [0.2, 0.25) is 5.91 Å². The van der Waals surface area contributed by atoms with Gasteiger partial charge in [-0.15, -0.1) is 35.3 Å². The Morgan fingerprint density at radius 3 is 2.72 bits per heavy atom. The molecule has 2 aliphatic heterocycles. The monoisotopic (exact) mass is 535 g/mol. The van der Waals surface area contributed by atoms with Crippen LogP contribution in [0.25, 0.3) is 0 Å². The molecule has 1 aromatic heterocycles. The standard InChI is InChI=1S/C20H33N5O2S.HI/c1-15(2)17(24-7-9-27-10-8-24)12-22-20(21-3)23-13-19(26)25-6-4-18-16(14-25)5-11-28-18;/h5,11,15,17H,4,6-10,12-14H2,1-3H3,(H2,21,22,23);1H. The summed E-state index contributed by atoms with van der Waals surface area (Å²) in [5.41, 5.74) is 1.29. The average Bonchev–Trinajstić information content (AvgIpc) is 3.18. The van der Waals surface area contributed by atoms with Crippen molar-refractivity contribution in [2.24, 2.45) is 10.9 Å². The van der Waals surface area contributed by atoms with Crippen LogP contribution in [-0.4, -0.2) is 80.7 Å². The normalized spacial score (nSPS) is 18.8. The molecule has 1 aromatic rings. The number of hydrogen-bond acceptors (Lipinski definition) is 5. The Labute approximate surface area is 195 Å². The van der Waals surface area contributed by atoms with Gasteiger partial charge in [-0.25, -0.2) is 0 Å². The zero-order valence-electron chi connectivity index (χ0n) is 17.6. The lowest BCUT2D eigenvalue weighted by molar-refractivity contribution is -0.130. The topological polar surface area (TPSA) is 69.2 Å². The highest BCUT2D eigenvalue weighted by Crippen LogP contribution is 2.23. The van der Waals surface area contributed by atoms with Crippen LogP contribution in [0, 0.1) is 5.92 Å². The van der Waals surface area contributed by atoms with Crippen molar-refractivity contribution in [1.29, 1.82) is 0 Å². The van der Waals surface area contributed by atoms with Crippen molar-refractivity contribution in [2.75, 3.05) is 53.0 Å². The zero-order valence-corrected chi connectivity index (χ0v) is 20.8. The number of halogens is 1. The first-order chi connectivity index (χ1) is 13.6. The van der Waals surface area contributed by atoms with Gasteiger partial charge in [0.05, 0.1) is 19.8 Å². The molecule has 3 rings (SSSR count). The van der Waals surface area contributed by atoms with Gasteiger partial charge < -0.3 is 20.3 Å². The van der Waals surface area contributed by atoms with Gasteiger partial charge in [-0.05, 0) is 29.3 Å². The molecular formula is C20H34IN5O2S. The summed E-state index contributed by atoms with van der Waals surface area (Å²) < 4.78 is 5.48. The maximum absolute atomic E-state index is 12.6. The molecule has 2 N–H and O–H groups in total. The number of rotatable bonds is 6. The number of nitrogens with one attached hydrogen (secondary N) is 2. The number of nitrogens with zero attached hydrogens (tertiary/aromatic N) is 3. The number of amides is 1. The first-order valence-electron chi connectivity index (χ1n) is 10.2. The number of guanidine groups is 1. The van der Waals surface area contributed by atoms with E-state index in [4.69, 9.17) is 4.74 Å². The number of thiophene rings is 1. The van der Waals surface area contributed by atoms with Gasteiger partial charge >= 0.3 is 0 Å². The van der Waals surface area contributed by atoms with E-state index in [2.05, 4.69) is 45.8 Å². The van der Waals surface area contributed by atoms with Crippen molar-refractivity contribution in [3.63, 3.8) is 0 Å². The third-order valence-electron chi connectivity index (χ3n) is 5.55. The molecule has 0 aliphatic carbocycles. The van der Waals surface area contributed by atoms with Crippen LogP contribution in [0.5, 0.6) is 0 Å². The van der Waals surface area contributed by atoms with Gasteiger partial charge in [0.25, 0.3) is 0 Å². The van der Waals surface area contributed by atoms with Crippen LogP contribution in [0.2, 0.25) is 0 Å². The highest BCUT2D eigenvalue weighted by atomic mass is 127. The van der Waals surface area contributed by atoms with Crippen molar-refractivity contribution in [3.05, 3.63) is 21.9 Å². The molecule has 164 valence electrons. The first kappa shape index (κ1) is 24.4. The highest BCUT2D eigenvalue weighted by Gasteiger charge is 2.24. The number of carbonyl (C=O) groups is 1. The van der Waals surface area contributed by atoms with Crippen molar-refractivity contribution < 1.29 is 9.53 Å². The van der Waals surface area contributed by atoms with Crippen molar-refractivity contribution >= 4 is 47.2 Å². The third-order valence-corrected chi connectivity index (χ3v) is 6.58. The van der Waals surface area contributed by atoms with Gasteiger partial charge in [-0.2, -0.15) is 0 Å². The summed E-state index contributed by atoms with van der Waals surface area (Å²) in [7, 11) is 1.75. The van der Waals surface area contributed by atoms with E-state index >= 15 is 0 Å². The van der Waals surface area contributed by atoms with Gasteiger partial charge in [0, 0.05) is 50.7 Å². The summed E-state index contributed by atoms with van der Waals surface area (Å²) in [4.78, 5) is 22.7. The summed E-state index contributed by atoms with van der Waals surface area (Å²) in [5.74, 6) is 1.33. The van der Waals surface area contributed by atoms with E-state index < -0.39 is 0 Å². The van der Waals surface area contributed by atoms with E-state index in [0.29, 0.717) is 17.9 Å². The number of morpholine rings is 1. The molecule has 0 aromatic carbocycles. The Morgan fingerprint density at radius 1 is 1.28 bits per heavy atom. The molecule has 1 fully saturated rings. The molecule has 0 bridgehead atoms. The molecule has 29 heavy (non-hydrogen) atoms. The zero-order chi connectivity index (χ0) is 19.9. The lowest BCUT2D eigenvalue weighted by atomic mass is 10.0. The number of aliphatic imine (C=N–C) groups is 1. The van der Waals surface area contributed by atoms with Gasteiger partial charge in [0.1, 0.15) is 0 Å². The highest BCUT2D eigenvalue weighted by molar-refractivity contribution is 14.0. The fourth-order valence-corrected chi connectivity index (χ4v) is 4.74. The molecule has 0 saturated carbocycles. The van der Waals surface area contributed by atoms with Crippen molar-refractivity contribution in [2.45, 2.75) is 32.9 Å². The number of hydrogen-bond donors (Lipinski definition) is 2. The molecule has 0 radical (unpaired) electrons. The Bertz CT molecular complexity index is 676. The van der Waals surface area contributed by atoms with Crippen LogP contribution < -0.4 is 10.6 Å². The van der Waals surface area contributed by atoms with E-state index in [0.717, 1.165) is 52.4 Å². The molecular weight excluding hydrogens is 501 g/mol. The quantitative estimate of drug-likeness (QED) is 0.330. The van der Waals surface area contributed by atoms with Gasteiger partial charge in [-0.3, -0.25) is 14.7 Å². The molecule has 1 saturated heterocycles. The van der Waals surface area contributed by atoms with Crippen LogP contribution in [0.1, 0.15) is 24.3 Å². The van der Waals surface area contributed by atoms with E-state index in [-0.39, 0.29) is 36.4 Å². The minimum absolute atomic E-state index is 0. The summed E-state index contributed by atoms with van der Waals surface area (Å²) in [6, 6.07) is 2.54. The maximum atomic E-state index is 12.6. The van der Waals surface area contributed by atoms with Crippen LogP contribution in [0.4, 0.5) is 0 Å². The fraction of sp³-hybridized carbons (Fsp3) is 0.700. The second-order valence-corrected chi connectivity index (χ2v) is 8.70. The van der Waals surface area contributed by atoms with Gasteiger partial charge in [0.15, 0.2) is 5.96 Å². The Hall–Kier alpha value is -0.910. The predicted molar refractivity (Wildman–Crippen MR) is 129 cm³/mol. The summed E-state index contributed by atoms with van der Waals surface area (Å²) >= 11 is 1.79. The van der Waals surface area contributed by atoms with Gasteiger partial charge in [-0.1, -0.05) is 13.8 Å². The van der Waals surface area contributed by atoms with Crippen molar-refractivity contribution in [1.82, 2.24) is 20.4 Å². The summed E-state index contributed by atoms with van der Waals surface area (Å²) in [6.45, 7) is 10.6. The SMILES string of the molecule is CN=C(NCC(=O)N1CCc2sccc2C1)NCC(C(C)C)N1CCOCC1.I. The Balaban J connectivity index is 0.00000300. The second kappa shape index (κ2) is 12.1. The van der Waals surface area contributed by atoms with E-state index in [1.54, 1.807) is 18.4 Å². The number of fused-ring (bicyclic) bond motifs is 1. The average molecular weight is 535 g/mol. The first-order valence-corrected chi connectivity index (χ1v) is 11.1. The molecule has 0 spiro atoms. The molecule has 1 unspecified atom stereocenters. The number of carbonyl (C=O) groups excluding carboxylic acids is 1. The van der Waals surface area contributed by atoms with Crippen LogP contribution in [-0.2, 0) is 22.5 Å². The molecule has 1 atom stereocenters. The second-order valence-electron chi connectivity index (χ2n) is 7.70. The third kappa shape index (κ3) is 6.80. The maximum Gasteiger partial charge on any atom is 0.242 e. The summed E-state index contributed by atoms with van der Waals surface area (Å²) in [5, 5.41) is 8.71. The van der Waals surface area contributed by atoms with Crippen LogP contribution >= 0.6 is 35.3 Å². The molecule has 3 heterocycles. The molecule has 1 amide bonds. The smallest absolute Gasteiger partial charge is 0.242 e. The van der Waals surface area contributed by atoms with Crippen LogP contribution in [0.15, 0.2) is 16.4 Å². The van der Waals surface area contributed by atoms with E-state index in [9.17, 15) is 4.79 Å². The van der Waals surface area contributed by atoms with Crippen molar-refractivity contribution in [3.8, 4) is 0 Å². The van der Waals surface area contributed by atoms with E-state index in [1.807, 2.05) is 4.90 Å². The predicted octanol–water partition coefficient (Wildman–Crippen LogP) is 1.77. The fourth-order valence-electron chi connectivity index (χ4n) is 3.85. The Morgan fingerprint density at radius 2 is 2.03 bits per heavy atom. The number of ether oxygens (including phenoxy) is 1. The van der Waals surface area contributed by atoms with Crippen LogP contribution in [0.3, 0.4) is 0 Å². The lowest BCUT2D eigenvalue weighted by Crippen LogP contribution is -2.53. The largest absolute Gasteiger partial charge is 0.379 e. The minimum Gasteiger partial charge on any atom is -0.379 e. The molecule has 9 heteroatoms.